The second-order valence-electron chi connectivity index (χ2n) is 4.54. The van der Waals surface area contributed by atoms with Gasteiger partial charge in [-0.25, -0.2) is 0 Å². The molecule has 106 valence electrons. The molecule has 1 heterocycles. The first-order chi connectivity index (χ1) is 9.47. The molecule has 0 radical (unpaired) electrons. The van der Waals surface area contributed by atoms with Crippen LogP contribution in [0.25, 0.3) is 0 Å². The molecule has 1 aromatic heterocycles. The van der Waals surface area contributed by atoms with E-state index in [1.807, 2.05) is 32.0 Å². The third-order valence-electron chi connectivity index (χ3n) is 2.73. The minimum atomic E-state index is -0.373. The summed E-state index contributed by atoms with van der Waals surface area (Å²) in [6, 6.07) is 6.98. The Morgan fingerprint density at radius 3 is 2.85 bits per heavy atom. The van der Waals surface area contributed by atoms with Crippen LogP contribution in [0.2, 0.25) is 5.15 Å². The number of alkyl halides is 1. The number of aromatic nitrogens is 2. The van der Waals surface area contributed by atoms with E-state index in [2.05, 4.69) is 10.2 Å². The first kappa shape index (κ1) is 14.9. The minimum absolute atomic E-state index is 0.0318. The van der Waals surface area contributed by atoms with Crippen molar-refractivity contribution in [2.45, 2.75) is 25.6 Å². The number of nitrogens with zero attached hydrogens (tertiary/aromatic N) is 1. The third-order valence-corrected chi connectivity index (χ3v) is 3.07. The first-order valence-corrected chi connectivity index (χ1v) is 6.94. The third kappa shape index (κ3) is 3.52. The largest absolute Gasteiger partial charge is 0.434 e. The molecule has 20 heavy (non-hydrogen) atoms. The van der Waals surface area contributed by atoms with Gasteiger partial charge in [-0.3, -0.25) is 9.89 Å². The van der Waals surface area contributed by atoms with E-state index in [4.69, 9.17) is 27.9 Å². The Balaban J connectivity index is 2.39. The number of aromatic amines is 1. The van der Waals surface area contributed by atoms with Gasteiger partial charge in [-0.2, -0.15) is 0 Å². The van der Waals surface area contributed by atoms with Gasteiger partial charge in [0.05, 0.1) is 0 Å². The van der Waals surface area contributed by atoms with Crippen LogP contribution in [0.5, 0.6) is 11.6 Å². The molecule has 0 spiro atoms. The van der Waals surface area contributed by atoms with E-state index in [0.29, 0.717) is 12.2 Å². The fourth-order valence-corrected chi connectivity index (χ4v) is 2.17. The van der Waals surface area contributed by atoms with Crippen molar-refractivity contribution in [2.75, 3.05) is 0 Å². The van der Waals surface area contributed by atoms with Crippen LogP contribution in [-0.4, -0.2) is 15.6 Å². The summed E-state index contributed by atoms with van der Waals surface area (Å²) in [5.41, 5.74) is 1.47. The monoisotopic (exact) mass is 312 g/mol. The van der Waals surface area contributed by atoms with Crippen LogP contribution in [0.15, 0.2) is 29.1 Å². The summed E-state index contributed by atoms with van der Waals surface area (Å²) < 4.78 is 5.65. The molecule has 1 unspecified atom stereocenters. The van der Waals surface area contributed by atoms with Crippen molar-refractivity contribution in [1.29, 1.82) is 0 Å². The molecular formula is C14H14Cl2N2O2. The second-order valence-corrected chi connectivity index (χ2v) is 5.69. The molecule has 0 bridgehead atoms. The molecule has 1 atom stereocenters. The topological polar surface area (TPSA) is 55.0 Å². The molecule has 4 nitrogen and oxygen atoms in total. The maximum atomic E-state index is 11.8. The number of ether oxygens (including phenoxy) is 1. The van der Waals surface area contributed by atoms with Crippen LogP contribution in [0.1, 0.15) is 18.1 Å². The van der Waals surface area contributed by atoms with Crippen molar-refractivity contribution in [3.8, 4) is 11.6 Å². The van der Waals surface area contributed by atoms with E-state index < -0.39 is 0 Å². The number of hydrogen-bond donors (Lipinski definition) is 1. The Labute approximate surface area is 126 Å². The lowest BCUT2D eigenvalue weighted by Gasteiger charge is -2.13. The normalized spacial score (nSPS) is 12.2. The Kier molecular flexibility index (Phi) is 4.68. The van der Waals surface area contributed by atoms with Crippen LogP contribution >= 0.6 is 23.2 Å². The summed E-state index contributed by atoms with van der Waals surface area (Å²) in [5.74, 6) is 0.576. The summed E-state index contributed by atoms with van der Waals surface area (Å²) in [6.45, 7) is 3.81. The molecule has 0 fully saturated rings. The number of halogens is 2. The lowest BCUT2D eigenvalue weighted by Crippen LogP contribution is -2.09. The Morgan fingerprint density at radius 2 is 2.20 bits per heavy atom. The van der Waals surface area contributed by atoms with Crippen molar-refractivity contribution >= 4 is 23.2 Å². The fourth-order valence-electron chi connectivity index (χ4n) is 1.86. The Hall–Kier alpha value is -1.52. The molecular weight excluding hydrogens is 299 g/mol. The lowest BCUT2D eigenvalue weighted by molar-refractivity contribution is 0.441. The number of hydrogen-bond acceptors (Lipinski definition) is 3. The van der Waals surface area contributed by atoms with Gasteiger partial charge < -0.3 is 4.74 Å². The van der Waals surface area contributed by atoms with Gasteiger partial charge in [0, 0.05) is 11.4 Å². The molecule has 0 aliphatic rings. The highest BCUT2D eigenvalue weighted by Gasteiger charge is 2.13. The molecule has 0 aliphatic heterocycles. The van der Waals surface area contributed by atoms with Crippen LogP contribution in [-0.2, 0) is 6.42 Å². The van der Waals surface area contributed by atoms with Gasteiger partial charge in [-0.1, -0.05) is 29.8 Å². The van der Waals surface area contributed by atoms with Crippen molar-refractivity contribution in [2.24, 2.45) is 0 Å². The molecule has 1 N–H and O–H groups in total. The maximum absolute atomic E-state index is 11.8. The van der Waals surface area contributed by atoms with E-state index in [0.717, 1.165) is 11.1 Å². The summed E-state index contributed by atoms with van der Waals surface area (Å²) in [6.07, 6.45) is 0.643. The maximum Gasteiger partial charge on any atom is 0.285 e. The van der Waals surface area contributed by atoms with Crippen molar-refractivity contribution in [3.05, 3.63) is 50.8 Å². The smallest absolute Gasteiger partial charge is 0.285 e. The summed E-state index contributed by atoms with van der Waals surface area (Å²) in [5, 5.41) is 6.45. The fraction of sp³-hybridized carbons (Fsp3) is 0.286. The van der Waals surface area contributed by atoms with Gasteiger partial charge in [-0.05, 0) is 31.4 Å². The van der Waals surface area contributed by atoms with Crippen molar-refractivity contribution < 1.29 is 4.74 Å². The summed E-state index contributed by atoms with van der Waals surface area (Å²) in [7, 11) is 0. The van der Waals surface area contributed by atoms with Crippen LogP contribution in [0.4, 0.5) is 0 Å². The van der Waals surface area contributed by atoms with E-state index in [-0.39, 0.29) is 21.8 Å². The van der Waals surface area contributed by atoms with E-state index in [9.17, 15) is 4.79 Å². The molecule has 0 saturated carbocycles. The standard InChI is InChI=1S/C14H14Cl2N2O2/c1-8-4-3-5-10(6-9(2)15)13(8)20-14-11(19)7-12(16)17-18-14/h3-5,7,9H,6H2,1-2H3,(H,17,19). The van der Waals surface area contributed by atoms with E-state index in [1.54, 1.807) is 0 Å². The molecule has 2 rings (SSSR count). The number of aryl methyl sites for hydroxylation is 1. The average Bonchev–Trinajstić information content (AvgIpc) is 2.35. The highest BCUT2D eigenvalue weighted by Crippen LogP contribution is 2.28. The molecule has 0 saturated heterocycles. The average molecular weight is 313 g/mol. The second kappa shape index (κ2) is 6.29. The van der Waals surface area contributed by atoms with E-state index >= 15 is 0 Å². The quantitative estimate of drug-likeness (QED) is 0.876. The Bertz CT molecular complexity index is 668. The van der Waals surface area contributed by atoms with Crippen LogP contribution < -0.4 is 10.2 Å². The van der Waals surface area contributed by atoms with Crippen molar-refractivity contribution in [1.82, 2.24) is 10.2 Å². The predicted octanol–water partition coefficient (Wildman–Crippen LogP) is 3.69. The number of nitrogens with one attached hydrogen (secondary N) is 1. The highest BCUT2D eigenvalue weighted by molar-refractivity contribution is 6.29. The van der Waals surface area contributed by atoms with Gasteiger partial charge in [0.1, 0.15) is 10.9 Å². The van der Waals surface area contributed by atoms with Gasteiger partial charge in [0.15, 0.2) is 0 Å². The van der Waals surface area contributed by atoms with E-state index in [1.165, 1.54) is 6.07 Å². The SMILES string of the molecule is Cc1cccc(CC(C)Cl)c1Oc1n[nH]c(Cl)cc1=O. The van der Waals surface area contributed by atoms with Gasteiger partial charge in [0.2, 0.25) is 5.43 Å². The molecule has 1 aromatic carbocycles. The Morgan fingerprint density at radius 1 is 1.45 bits per heavy atom. The number of para-hydroxylation sites is 1. The zero-order valence-corrected chi connectivity index (χ0v) is 12.6. The molecule has 2 aromatic rings. The number of benzene rings is 1. The number of H-pyrrole nitrogens is 1. The summed E-state index contributed by atoms with van der Waals surface area (Å²) in [4.78, 5) is 11.8. The molecule has 0 aliphatic carbocycles. The predicted molar refractivity (Wildman–Crippen MR) is 80.1 cm³/mol. The molecule has 6 heteroatoms. The molecule has 0 amide bonds. The van der Waals surface area contributed by atoms with Gasteiger partial charge in [-0.15, -0.1) is 16.7 Å². The lowest BCUT2D eigenvalue weighted by atomic mass is 10.1. The van der Waals surface area contributed by atoms with Crippen LogP contribution in [0.3, 0.4) is 0 Å². The zero-order valence-electron chi connectivity index (χ0n) is 11.1. The van der Waals surface area contributed by atoms with Gasteiger partial charge >= 0.3 is 0 Å². The summed E-state index contributed by atoms with van der Waals surface area (Å²) >= 11 is 11.7. The van der Waals surface area contributed by atoms with Crippen molar-refractivity contribution in [3.63, 3.8) is 0 Å². The highest BCUT2D eigenvalue weighted by atomic mass is 35.5. The van der Waals surface area contributed by atoms with Gasteiger partial charge in [0.25, 0.3) is 5.88 Å². The zero-order chi connectivity index (χ0) is 14.7. The minimum Gasteiger partial charge on any atom is -0.434 e. The first-order valence-electron chi connectivity index (χ1n) is 6.13. The van der Waals surface area contributed by atoms with Crippen LogP contribution in [0, 0.1) is 6.92 Å². The number of rotatable bonds is 4.